The molecule has 30 heavy (non-hydrogen) atoms. The number of hydrogen-bond acceptors (Lipinski definition) is 3. The van der Waals surface area contributed by atoms with E-state index in [-0.39, 0.29) is 17.7 Å². The number of rotatable bonds is 6. The van der Waals surface area contributed by atoms with E-state index in [9.17, 15) is 9.59 Å². The van der Waals surface area contributed by atoms with Crippen LogP contribution in [0.3, 0.4) is 0 Å². The maximum absolute atomic E-state index is 12.9. The largest absolute Gasteiger partial charge is 0.354 e. The third kappa shape index (κ3) is 4.74. The lowest BCUT2D eigenvalue weighted by Gasteiger charge is -2.20. The summed E-state index contributed by atoms with van der Waals surface area (Å²) in [6, 6.07) is 10.0. The highest BCUT2D eigenvalue weighted by atomic mass is 16.2. The van der Waals surface area contributed by atoms with Crippen molar-refractivity contribution in [3.05, 3.63) is 47.3 Å². The van der Waals surface area contributed by atoms with Crippen LogP contribution >= 0.6 is 0 Å². The van der Waals surface area contributed by atoms with Gasteiger partial charge in [0.1, 0.15) is 0 Å². The molecular formula is C24H32N4O2. The number of fused-ring (bicyclic) bond motifs is 1. The summed E-state index contributed by atoms with van der Waals surface area (Å²) in [5, 5.41) is 10.7. The molecule has 4 rings (SSSR count). The summed E-state index contributed by atoms with van der Waals surface area (Å²) in [7, 11) is 0. The molecular weight excluding hydrogens is 376 g/mol. The molecule has 1 aromatic heterocycles. The van der Waals surface area contributed by atoms with Gasteiger partial charge in [0.25, 0.3) is 5.91 Å². The Morgan fingerprint density at radius 3 is 2.40 bits per heavy atom. The molecule has 0 aliphatic heterocycles. The van der Waals surface area contributed by atoms with E-state index in [1.165, 1.54) is 12.8 Å². The Kier molecular flexibility index (Phi) is 6.82. The van der Waals surface area contributed by atoms with Crippen LogP contribution in [-0.4, -0.2) is 34.7 Å². The van der Waals surface area contributed by atoms with Crippen molar-refractivity contribution in [3.8, 4) is 5.69 Å². The fourth-order valence-electron chi connectivity index (χ4n) is 4.70. The normalized spacial score (nSPS) is 17.1. The van der Waals surface area contributed by atoms with Gasteiger partial charge in [0.15, 0.2) is 5.69 Å². The Labute approximate surface area is 178 Å². The van der Waals surface area contributed by atoms with Crippen LogP contribution in [0.2, 0.25) is 0 Å². The Hall–Kier alpha value is -2.63. The number of nitrogens with one attached hydrogen (secondary N) is 2. The summed E-state index contributed by atoms with van der Waals surface area (Å²) in [5.74, 6) is 0.132. The minimum Gasteiger partial charge on any atom is -0.354 e. The Morgan fingerprint density at radius 1 is 0.900 bits per heavy atom. The molecule has 0 bridgehead atoms. The second kappa shape index (κ2) is 9.92. The van der Waals surface area contributed by atoms with Gasteiger partial charge in [-0.2, -0.15) is 5.10 Å². The van der Waals surface area contributed by atoms with Crippen LogP contribution in [-0.2, 0) is 17.6 Å². The van der Waals surface area contributed by atoms with Gasteiger partial charge in [-0.15, -0.1) is 0 Å². The number of amides is 2. The third-order valence-corrected chi connectivity index (χ3v) is 6.33. The van der Waals surface area contributed by atoms with E-state index in [1.807, 2.05) is 35.0 Å². The Morgan fingerprint density at radius 2 is 1.60 bits per heavy atom. The van der Waals surface area contributed by atoms with Crippen LogP contribution in [0, 0.1) is 5.92 Å². The number of benzene rings is 1. The lowest BCUT2D eigenvalue weighted by atomic mass is 9.89. The van der Waals surface area contributed by atoms with Crippen molar-refractivity contribution in [1.29, 1.82) is 0 Å². The molecule has 0 spiro atoms. The highest BCUT2D eigenvalue weighted by molar-refractivity contribution is 5.94. The van der Waals surface area contributed by atoms with E-state index in [0.29, 0.717) is 18.8 Å². The summed E-state index contributed by atoms with van der Waals surface area (Å²) in [6.07, 6.45) is 10.7. The molecule has 2 aliphatic carbocycles. The summed E-state index contributed by atoms with van der Waals surface area (Å²) in [5.41, 5.74) is 3.78. The molecule has 0 unspecified atom stereocenters. The maximum atomic E-state index is 12.9. The maximum Gasteiger partial charge on any atom is 0.272 e. The predicted molar refractivity (Wildman–Crippen MR) is 117 cm³/mol. The standard InChI is InChI=1S/C24H32N4O2/c29-23(18-10-4-1-5-11-18)25-16-17-26-24(30)22-20-14-8-3-9-15-21(20)28(27-22)19-12-6-2-7-13-19/h2,6-7,12-13,18H,1,3-5,8-11,14-17H2,(H,25,29)(H,26,30). The van der Waals surface area contributed by atoms with E-state index in [4.69, 9.17) is 5.10 Å². The second-order valence-electron chi connectivity index (χ2n) is 8.46. The van der Waals surface area contributed by atoms with Crippen LogP contribution in [0.15, 0.2) is 30.3 Å². The topological polar surface area (TPSA) is 76.0 Å². The van der Waals surface area contributed by atoms with E-state index in [2.05, 4.69) is 10.6 Å². The molecule has 1 fully saturated rings. The first kappa shape index (κ1) is 20.6. The molecule has 1 saturated carbocycles. The molecule has 6 nitrogen and oxygen atoms in total. The van der Waals surface area contributed by atoms with Crippen LogP contribution < -0.4 is 10.6 Å². The molecule has 0 saturated heterocycles. The zero-order valence-electron chi connectivity index (χ0n) is 17.7. The minimum atomic E-state index is -0.144. The fraction of sp³-hybridized carbons (Fsp3) is 0.542. The van der Waals surface area contributed by atoms with E-state index in [0.717, 1.165) is 68.3 Å². The SMILES string of the molecule is O=C(NCCNC(=O)C1CCCCC1)c1nn(-c2ccccc2)c2c1CCCCC2. The highest BCUT2D eigenvalue weighted by Crippen LogP contribution is 2.26. The molecule has 2 aromatic rings. The van der Waals surface area contributed by atoms with Crippen molar-refractivity contribution in [2.45, 2.75) is 64.2 Å². The number of nitrogens with zero attached hydrogens (tertiary/aromatic N) is 2. The van der Waals surface area contributed by atoms with Crippen molar-refractivity contribution in [3.63, 3.8) is 0 Å². The first-order valence-corrected chi connectivity index (χ1v) is 11.5. The number of hydrogen-bond donors (Lipinski definition) is 2. The summed E-state index contributed by atoms with van der Waals surface area (Å²) < 4.78 is 1.94. The van der Waals surface area contributed by atoms with Gasteiger partial charge in [0.05, 0.1) is 5.69 Å². The van der Waals surface area contributed by atoms with Crippen molar-refractivity contribution in [2.75, 3.05) is 13.1 Å². The van der Waals surface area contributed by atoms with Gasteiger partial charge < -0.3 is 10.6 Å². The van der Waals surface area contributed by atoms with E-state index >= 15 is 0 Å². The molecule has 160 valence electrons. The quantitative estimate of drug-likeness (QED) is 0.567. The van der Waals surface area contributed by atoms with Crippen LogP contribution in [0.5, 0.6) is 0 Å². The predicted octanol–water partition coefficient (Wildman–Crippen LogP) is 3.57. The zero-order chi connectivity index (χ0) is 20.8. The Bertz CT molecular complexity index is 869. The summed E-state index contributed by atoms with van der Waals surface area (Å²) in [6.45, 7) is 0.882. The molecule has 1 heterocycles. The summed E-state index contributed by atoms with van der Waals surface area (Å²) >= 11 is 0. The fourth-order valence-corrected chi connectivity index (χ4v) is 4.70. The molecule has 0 atom stereocenters. The van der Waals surface area contributed by atoms with Crippen molar-refractivity contribution in [1.82, 2.24) is 20.4 Å². The third-order valence-electron chi connectivity index (χ3n) is 6.33. The lowest BCUT2D eigenvalue weighted by Crippen LogP contribution is -2.38. The number of carbonyl (C=O) groups excluding carboxylic acids is 2. The molecule has 1 aromatic carbocycles. The Balaban J connectivity index is 1.40. The molecule has 6 heteroatoms. The monoisotopic (exact) mass is 408 g/mol. The number of para-hydroxylation sites is 1. The number of carbonyl (C=O) groups is 2. The molecule has 2 aliphatic rings. The highest BCUT2D eigenvalue weighted by Gasteiger charge is 2.25. The van der Waals surface area contributed by atoms with Gasteiger partial charge in [-0.05, 0) is 50.7 Å². The van der Waals surface area contributed by atoms with Gasteiger partial charge in [-0.1, -0.05) is 43.9 Å². The van der Waals surface area contributed by atoms with Crippen molar-refractivity contribution in [2.24, 2.45) is 5.92 Å². The minimum absolute atomic E-state index is 0.131. The zero-order valence-corrected chi connectivity index (χ0v) is 17.7. The van der Waals surface area contributed by atoms with Gasteiger partial charge >= 0.3 is 0 Å². The smallest absolute Gasteiger partial charge is 0.272 e. The van der Waals surface area contributed by atoms with Gasteiger partial charge in [0.2, 0.25) is 5.91 Å². The molecule has 2 amide bonds. The van der Waals surface area contributed by atoms with Gasteiger partial charge in [0, 0.05) is 30.3 Å². The van der Waals surface area contributed by atoms with Crippen molar-refractivity contribution >= 4 is 11.8 Å². The van der Waals surface area contributed by atoms with E-state index < -0.39 is 0 Å². The van der Waals surface area contributed by atoms with E-state index in [1.54, 1.807) is 0 Å². The number of aromatic nitrogens is 2. The first-order valence-electron chi connectivity index (χ1n) is 11.5. The van der Waals surface area contributed by atoms with Gasteiger partial charge in [-0.3, -0.25) is 9.59 Å². The van der Waals surface area contributed by atoms with Crippen LogP contribution in [0.1, 0.15) is 73.1 Å². The lowest BCUT2D eigenvalue weighted by molar-refractivity contribution is -0.125. The van der Waals surface area contributed by atoms with Crippen LogP contribution in [0.4, 0.5) is 0 Å². The van der Waals surface area contributed by atoms with Crippen LogP contribution in [0.25, 0.3) is 5.69 Å². The average Bonchev–Trinajstić information content (AvgIpc) is 2.98. The average molecular weight is 409 g/mol. The van der Waals surface area contributed by atoms with Gasteiger partial charge in [-0.25, -0.2) is 4.68 Å². The molecule has 2 N–H and O–H groups in total. The van der Waals surface area contributed by atoms with Crippen molar-refractivity contribution < 1.29 is 9.59 Å². The first-order chi connectivity index (χ1) is 14.7. The second-order valence-corrected chi connectivity index (χ2v) is 8.46. The molecule has 0 radical (unpaired) electrons. The summed E-state index contributed by atoms with van der Waals surface area (Å²) in [4.78, 5) is 25.2.